The highest BCUT2D eigenvalue weighted by atomic mass is 35.6. The zero-order chi connectivity index (χ0) is 12.7. The van der Waals surface area contributed by atoms with E-state index in [-0.39, 0.29) is 20.6 Å². The van der Waals surface area contributed by atoms with Gasteiger partial charge in [0.15, 0.2) is 0 Å². The molecule has 0 aromatic heterocycles. The topological polar surface area (TPSA) is 0 Å². The van der Waals surface area contributed by atoms with E-state index in [9.17, 15) is 0 Å². The van der Waals surface area contributed by atoms with E-state index in [2.05, 4.69) is 0 Å². The van der Waals surface area contributed by atoms with Crippen LogP contribution in [-0.4, -0.2) is 0 Å². The van der Waals surface area contributed by atoms with Crippen LogP contribution in [0, 0.1) is 0 Å². The van der Waals surface area contributed by atoms with E-state index in [4.69, 9.17) is 92.8 Å². The molecule has 0 nitrogen and oxygen atoms in total. The van der Waals surface area contributed by atoms with Crippen molar-refractivity contribution in [1.29, 1.82) is 0 Å². The van der Waals surface area contributed by atoms with Crippen LogP contribution >= 0.6 is 92.8 Å². The maximum Gasteiger partial charge on any atom is 0.218 e. The van der Waals surface area contributed by atoms with Gasteiger partial charge in [0, 0.05) is 11.1 Å². The highest BCUT2D eigenvalue weighted by molar-refractivity contribution is 6.68. The van der Waals surface area contributed by atoms with Crippen molar-refractivity contribution in [3.63, 3.8) is 0 Å². The molecule has 1 aromatic rings. The van der Waals surface area contributed by atoms with Crippen molar-refractivity contribution in [1.82, 2.24) is 0 Å². The molecule has 0 saturated heterocycles. The molecular weight excluding hydrogens is 380 g/mol. The maximum atomic E-state index is 6.00. The van der Waals surface area contributed by atoms with E-state index < -0.39 is 8.63 Å². The lowest BCUT2D eigenvalue weighted by Gasteiger charge is -2.19. The molecule has 0 N–H and O–H groups in total. The molecule has 0 saturated carbocycles. The second kappa shape index (κ2) is 5.67. The fraction of sp³-hybridized carbons (Fsp3) is 0.250. The predicted molar refractivity (Wildman–Crippen MR) is 75.2 cm³/mol. The van der Waals surface area contributed by atoms with Gasteiger partial charge in [-0.15, -0.1) is 23.2 Å². The number of alkyl halides is 5. The lowest BCUT2D eigenvalue weighted by atomic mass is 10.1. The van der Waals surface area contributed by atoms with E-state index in [0.717, 1.165) is 0 Å². The Labute approximate surface area is 133 Å². The first-order valence-electron chi connectivity index (χ1n) is 3.69. The number of hydrogen-bond acceptors (Lipinski definition) is 0. The quantitative estimate of drug-likeness (QED) is 0.365. The Hall–Kier alpha value is 1.54. The van der Waals surface area contributed by atoms with E-state index >= 15 is 0 Å². The fourth-order valence-corrected chi connectivity index (χ4v) is 3.30. The van der Waals surface area contributed by atoms with Crippen molar-refractivity contribution in [2.45, 2.75) is 8.63 Å². The lowest BCUT2D eigenvalue weighted by Crippen LogP contribution is -2.05. The maximum absolute atomic E-state index is 6.00. The first-order valence-corrected chi connectivity index (χ1v) is 6.83. The van der Waals surface area contributed by atoms with Crippen molar-refractivity contribution in [3.05, 3.63) is 32.3 Å². The van der Waals surface area contributed by atoms with Gasteiger partial charge in [0.1, 0.15) is 4.84 Å². The summed E-state index contributed by atoms with van der Waals surface area (Å²) in [5, 5.41) is 0.308. The molecule has 0 unspecified atom stereocenters. The van der Waals surface area contributed by atoms with E-state index in [1.54, 1.807) is 0 Å². The summed E-state index contributed by atoms with van der Waals surface area (Å²) in [6.45, 7) is 0. The number of halogens is 8. The lowest BCUT2D eigenvalue weighted by molar-refractivity contribution is 1.20. The first kappa shape index (κ1) is 15.6. The van der Waals surface area contributed by atoms with Gasteiger partial charge in [-0.2, -0.15) is 0 Å². The SMILES string of the molecule is Clc1cc(C(Cl)Cl)c(Cl)c(C(Cl)(Cl)Cl)c1Cl. The summed E-state index contributed by atoms with van der Waals surface area (Å²) in [5.74, 6) is 0. The molecule has 1 aromatic carbocycles. The average molecular weight is 382 g/mol. The second-order valence-electron chi connectivity index (χ2n) is 2.75. The van der Waals surface area contributed by atoms with Crippen molar-refractivity contribution >= 4 is 92.8 Å². The van der Waals surface area contributed by atoms with E-state index in [1.165, 1.54) is 6.07 Å². The summed E-state index contributed by atoms with van der Waals surface area (Å²) in [4.78, 5) is -0.895. The van der Waals surface area contributed by atoms with Crippen LogP contribution in [0.5, 0.6) is 0 Å². The molecule has 0 bridgehead atoms. The third-order valence-corrected chi connectivity index (χ3v) is 3.93. The van der Waals surface area contributed by atoms with Gasteiger partial charge in [0.05, 0.1) is 15.1 Å². The van der Waals surface area contributed by atoms with Crippen molar-refractivity contribution in [3.8, 4) is 0 Å². The summed E-state index contributed by atoms with van der Waals surface area (Å²) in [7, 11) is 0. The molecule has 0 spiro atoms. The Balaban J connectivity index is 3.59. The summed E-state index contributed by atoms with van der Waals surface area (Å²) in [6, 6.07) is 1.43. The standard InChI is InChI=1S/C8H2Cl8/c9-3-1-2(7(12)13)5(10)4(6(3)11)8(14,15)16/h1,7H. The minimum atomic E-state index is -1.81. The Morgan fingerprint density at radius 2 is 1.44 bits per heavy atom. The molecule has 0 aliphatic rings. The fourth-order valence-electron chi connectivity index (χ4n) is 1.03. The molecule has 0 atom stereocenters. The highest BCUT2D eigenvalue weighted by Crippen LogP contribution is 2.50. The van der Waals surface area contributed by atoms with Crippen molar-refractivity contribution < 1.29 is 0 Å². The number of rotatable bonds is 1. The van der Waals surface area contributed by atoms with Crippen molar-refractivity contribution in [2.75, 3.05) is 0 Å². The average Bonchev–Trinajstić information content (AvgIpc) is 2.08. The molecule has 16 heavy (non-hydrogen) atoms. The summed E-state index contributed by atoms with van der Waals surface area (Å²) in [6.07, 6.45) is 0. The number of hydrogen-bond donors (Lipinski definition) is 0. The summed E-state index contributed by atoms with van der Waals surface area (Å²) < 4.78 is -1.81. The van der Waals surface area contributed by atoms with Crippen LogP contribution in [0.25, 0.3) is 0 Å². The molecule has 0 amide bonds. The largest absolute Gasteiger partial charge is 0.218 e. The van der Waals surface area contributed by atoms with E-state index in [0.29, 0.717) is 5.56 Å². The van der Waals surface area contributed by atoms with E-state index in [1.807, 2.05) is 0 Å². The van der Waals surface area contributed by atoms with Gasteiger partial charge in [-0.25, -0.2) is 0 Å². The Morgan fingerprint density at radius 3 is 1.81 bits per heavy atom. The molecule has 0 heterocycles. The van der Waals surface area contributed by atoms with Gasteiger partial charge in [0.2, 0.25) is 3.79 Å². The molecule has 0 fully saturated rings. The molecule has 0 aliphatic heterocycles. The first-order chi connectivity index (χ1) is 7.16. The monoisotopic (exact) mass is 378 g/mol. The summed E-state index contributed by atoms with van der Waals surface area (Å²) in [5.41, 5.74) is 0.398. The zero-order valence-electron chi connectivity index (χ0n) is 7.18. The molecule has 90 valence electrons. The normalized spacial score (nSPS) is 12.3. The van der Waals surface area contributed by atoms with Gasteiger partial charge >= 0.3 is 0 Å². The minimum absolute atomic E-state index is 0.0596. The molecule has 0 aliphatic carbocycles. The molecular formula is C8H2Cl8. The Bertz CT molecular complexity index is 405. The van der Waals surface area contributed by atoms with Crippen molar-refractivity contribution in [2.24, 2.45) is 0 Å². The van der Waals surface area contributed by atoms with Gasteiger partial charge in [-0.1, -0.05) is 69.6 Å². The van der Waals surface area contributed by atoms with Gasteiger partial charge in [-0.3, -0.25) is 0 Å². The van der Waals surface area contributed by atoms with Crippen LogP contribution in [0.3, 0.4) is 0 Å². The third-order valence-electron chi connectivity index (χ3n) is 1.70. The van der Waals surface area contributed by atoms with Crippen LogP contribution < -0.4 is 0 Å². The zero-order valence-corrected chi connectivity index (χ0v) is 13.2. The number of benzene rings is 1. The van der Waals surface area contributed by atoms with Crippen LogP contribution in [0.2, 0.25) is 15.1 Å². The third kappa shape index (κ3) is 3.30. The smallest absolute Gasteiger partial charge is 0.100 e. The summed E-state index contributed by atoms with van der Waals surface area (Å²) >= 11 is 46.4. The van der Waals surface area contributed by atoms with Crippen LogP contribution in [0.4, 0.5) is 0 Å². The van der Waals surface area contributed by atoms with Crippen LogP contribution in [-0.2, 0) is 3.79 Å². The Kier molecular flexibility index (Phi) is 5.53. The van der Waals surface area contributed by atoms with Crippen LogP contribution in [0.1, 0.15) is 16.0 Å². The minimum Gasteiger partial charge on any atom is -0.100 e. The molecule has 8 heteroatoms. The van der Waals surface area contributed by atoms with Gasteiger partial charge in [0.25, 0.3) is 0 Å². The van der Waals surface area contributed by atoms with Crippen LogP contribution in [0.15, 0.2) is 6.07 Å². The predicted octanol–water partition coefficient (Wildman–Crippen LogP) is 6.95. The second-order valence-corrected chi connectivity index (χ2v) is 7.29. The van der Waals surface area contributed by atoms with Gasteiger partial charge in [-0.05, 0) is 6.07 Å². The molecule has 0 radical (unpaired) electrons. The van der Waals surface area contributed by atoms with Gasteiger partial charge < -0.3 is 0 Å². The Morgan fingerprint density at radius 1 is 0.938 bits per heavy atom. The highest BCUT2D eigenvalue weighted by Gasteiger charge is 2.32. The molecule has 1 rings (SSSR count).